The number of hydrogen-bond acceptors (Lipinski definition) is 11. The molecule has 0 aromatic heterocycles. The SMILES string of the molecule is CC(=O)NC1C(OC(C)=O)OC(COC(C)=O)C(C)C1C.CC(=O)OCC1OC2OC(C)=NC2C(C)C1C.ClCCCl. The summed E-state index contributed by atoms with van der Waals surface area (Å²) in [5, 5.41) is 2.75. The molecule has 12 nitrogen and oxygen atoms in total. The van der Waals surface area contributed by atoms with Crippen molar-refractivity contribution < 1.29 is 47.6 Å². The van der Waals surface area contributed by atoms with Gasteiger partial charge in [-0.15, -0.1) is 23.2 Å². The zero-order valence-corrected chi connectivity index (χ0v) is 27.4. The second-order valence-electron chi connectivity index (χ2n) is 10.6. The van der Waals surface area contributed by atoms with E-state index in [4.69, 9.17) is 51.6 Å². The molecular formula is C28H46Cl2N2O10. The van der Waals surface area contributed by atoms with Gasteiger partial charge in [0.25, 0.3) is 0 Å². The number of esters is 3. The Balaban J connectivity index is 0.000000378. The van der Waals surface area contributed by atoms with Gasteiger partial charge in [-0.3, -0.25) is 19.2 Å². The minimum atomic E-state index is -0.891. The van der Waals surface area contributed by atoms with Crippen molar-refractivity contribution in [1.29, 1.82) is 0 Å². The third kappa shape index (κ3) is 12.2. The summed E-state index contributed by atoms with van der Waals surface area (Å²) in [7, 11) is 0. The van der Waals surface area contributed by atoms with Crippen molar-refractivity contribution in [2.24, 2.45) is 28.7 Å². The Labute approximate surface area is 258 Å². The number of nitrogens with one attached hydrogen (secondary N) is 1. The Hall–Kier alpha value is -2.15. The predicted octanol–water partition coefficient (Wildman–Crippen LogP) is 3.44. The number of hydrogen-bond donors (Lipinski definition) is 1. The van der Waals surface area contributed by atoms with Crippen molar-refractivity contribution >= 4 is 52.9 Å². The average Bonchev–Trinajstić information content (AvgIpc) is 3.29. The van der Waals surface area contributed by atoms with E-state index < -0.39 is 30.4 Å². The predicted molar refractivity (Wildman–Crippen MR) is 156 cm³/mol. The minimum absolute atomic E-state index is 0.00689. The van der Waals surface area contributed by atoms with Crippen LogP contribution < -0.4 is 5.32 Å². The van der Waals surface area contributed by atoms with Gasteiger partial charge in [-0.25, -0.2) is 4.99 Å². The highest BCUT2D eigenvalue weighted by Crippen LogP contribution is 2.36. The zero-order chi connectivity index (χ0) is 32.1. The van der Waals surface area contributed by atoms with Crippen LogP contribution in [0.2, 0.25) is 0 Å². The lowest BCUT2D eigenvalue weighted by atomic mass is 9.82. The summed E-state index contributed by atoms with van der Waals surface area (Å²) in [6, 6.07) is -0.367. The number of rotatable bonds is 7. The van der Waals surface area contributed by atoms with E-state index in [1.807, 2.05) is 20.8 Å². The number of nitrogens with zero attached hydrogens (tertiary/aromatic N) is 1. The van der Waals surface area contributed by atoms with E-state index in [9.17, 15) is 19.2 Å². The van der Waals surface area contributed by atoms with Gasteiger partial charge in [0.15, 0.2) is 5.90 Å². The Morgan fingerprint density at radius 2 is 1.29 bits per heavy atom. The van der Waals surface area contributed by atoms with E-state index >= 15 is 0 Å². The number of carbonyl (C=O) groups is 4. The second kappa shape index (κ2) is 18.5. The molecule has 242 valence electrons. The molecule has 0 aromatic rings. The molecule has 10 unspecified atom stereocenters. The first kappa shape index (κ1) is 37.9. The lowest BCUT2D eigenvalue weighted by Crippen LogP contribution is -2.58. The number of ether oxygens (including phenoxy) is 6. The van der Waals surface area contributed by atoms with Gasteiger partial charge in [-0.1, -0.05) is 27.7 Å². The van der Waals surface area contributed by atoms with Crippen LogP contribution in [0.3, 0.4) is 0 Å². The Morgan fingerprint density at radius 3 is 1.74 bits per heavy atom. The topological polar surface area (TPSA) is 148 Å². The molecule has 2 fully saturated rings. The molecule has 3 rings (SSSR count). The summed E-state index contributed by atoms with van der Waals surface area (Å²) < 4.78 is 32.2. The normalized spacial score (nSPS) is 33.1. The maximum atomic E-state index is 11.3. The first-order chi connectivity index (χ1) is 19.6. The quantitative estimate of drug-likeness (QED) is 0.249. The molecular weight excluding hydrogens is 595 g/mol. The largest absolute Gasteiger partial charge is 0.463 e. The molecule has 0 aliphatic carbocycles. The number of aliphatic imine (C=N–C) groups is 1. The summed E-state index contributed by atoms with van der Waals surface area (Å²) in [6.45, 7) is 15.7. The van der Waals surface area contributed by atoms with Crippen LogP contribution in [0.25, 0.3) is 0 Å². The highest BCUT2D eigenvalue weighted by Gasteiger charge is 2.46. The summed E-state index contributed by atoms with van der Waals surface area (Å²) in [4.78, 5) is 48.7. The van der Waals surface area contributed by atoms with Gasteiger partial charge in [0.1, 0.15) is 19.3 Å². The molecule has 10 atom stereocenters. The van der Waals surface area contributed by atoms with Gasteiger partial charge < -0.3 is 33.7 Å². The Kier molecular flexibility index (Phi) is 16.7. The number of alkyl halides is 2. The van der Waals surface area contributed by atoms with E-state index in [2.05, 4.69) is 24.2 Å². The molecule has 0 bridgehead atoms. The van der Waals surface area contributed by atoms with Gasteiger partial charge >= 0.3 is 17.9 Å². The number of carbonyl (C=O) groups excluding carboxylic acids is 4. The zero-order valence-electron chi connectivity index (χ0n) is 25.9. The molecule has 3 aliphatic heterocycles. The van der Waals surface area contributed by atoms with E-state index in [1.54, 1.807) is 0 Å². The minimum Gasteiger partial charge on any atom is -0.463 e. The summed E-state index contributed by atoms with van der Waals surface area (Å²) in [5.41, 5.74) is 0. The van der Waals surface area contributed by atoms with Crippen LogP contribution in [0, 0.1) is 23.7 Å². The molecule has 2 saturated heterocycles. The standard InChI is InChI=1S/C14H23NO6.C12H19NO4.C2H4Cl2/c1-7-8(2)13(15-9(3)16)14(20-11(5)18)21-12(7)6-19-10(4)17;1-6-7(2)11-12(16-8(3)13-11)17-10(6)5-15-9(4)14;3-1-2-4/h7-8,12-14H,6H2,1-5H3,(H,15,16);6-7,10-12H,5H2,1-4H3;1-2H2. The molecule has 3 heterocycles. The summed E-state index contributed by atoms with van der Waals surface area (Å²) in [6.07, 6.45) is -1.71. The molecule has 3 aliphatic rings. The van der Waals surface area contributed by atoms with Crippen LogP contribution in [0.5, 0.6) is 0 Å². The molecule has 1 N–H and O–H groups in total. The third-order valence-electron chi connectivity index (χ3n) is 7.37. The fourth-order valence-corrected chi connectivity index (χ4v) is 4.73. The van der Waals surface area contributed by atoms with Crippen LogP contribution in [-0.4, -0.2) is 91.6 Å². The number of halogens is 2. The van der Waals surface area contributed by atoms with Gasteiger partial charge in [-0.05, 0) is 23.7 Å². The van der Waals surface area contributed by atoms with Crippen molar-refractivity contribution in [1.82, 2.24) is 5.32 Å². The molecule has 0 spiro atoms. The Morgan fingerprint density at radius 1 is 0.786 bits per heavy atom. The fraction of sp³-hybridized carbons (Fsp3) is 0.821. The molecule has 14 heteroatoms. The van der Waals surface area contributed by atoms with E-state index in [-0.39, 0.29) is 61.3 Å². The molecule has 0 aromatic carbocycles. The van der Waals surface area contributed by atoms with Crippen molar-refractivity contribution in [3.63, 3.8) is 0 Å². The van der Waals surface area contributed by atoms with Crippen molar-refractivity contribution in [2.75, 3.05) is 25.0 Å². The summed E-state index contributed by atoms with van der Waals surface area (Å²) >= 11 is 10.1. The van der Waals surface area contributed by atoms with Crippen LogP contribution >= 0.6 is 23.2 Å². The van der Waals surface area contributed by atoms with Gasteiger partial charge in [0, 0.05) is 46.4 Å². The number of fused-ring (bicyclic) bond motifs is 1. The first-order valence-corrected chi connectivity index (χ1v) is 15.0. The van der Waals surface area contributed by atoms with E-state index in [1.165, 1.54) is 27.7 Å². The van der Waals surface area contributed by atoms with E-state index in [0.29, 0.717) is 23.6 Å². The molecule has 42 heavy (non-hydrogen) atoms. The highest BCUT2D eigenvalue weighted by molar-refractivity contribution is 6.25. The van der Waals surface area contributed by atoms with Gasteiger partial charge in [-0.2, -0.15) is 0 Å². The van der Waals surface area contributed by atoms with Crippen LogP contribution in [0.1, 0.15) is 62.3 Å². The lowest BCUT2D eigenvalue weighted by Gasteiger charge is -2.43. The fourth-order valence-electron chi connectivity index (χ4n) is 4.73. The van der Waals surface area contributed by atoms with Crippen LogP contribution in [0.4, 0.5) is 0 Å². The smallest absolute Gasteiger partial charge is 0.305 e. The average molecular weight is 642 g/mol. The maximum absolute atomic E-state index is 11.3. The van der Waals surface area contributed by atoms with E-state index in [0.717, 1.165) is 0 Å². The molecule has 0 saturated carbocycles. The maximum Gasteiger partial charge on any atom is 0.305 e. The van der Waals surface area contributed by atoms with Crippen molar-refractivity contribution in [3.05, 3.63) is 0 Å². The van der Waals surface area contributed by atoms with Crippen molar-refractivity contribution in [3.8, 4) is 0 Å². The van der Waals surface area contributed by atoms with Gasteiger partial charge in [0.05, 0.1) is 18.2 Å². The highest BCUT2D eigenvalue weighted by atomic mass is 35.5. The van der Waals surface area contributed by atoms with Crippen molar-refractivity contribution in [2.45, 2.75) is 99.2 Å². The molecule has 1 amide bonds. The van der Waals surface area contributed by atoms with Crippen LogP contribution in [0.15, 0.2) is 4.99 Å². The van der Waals surface area contributed by atoms with Gasteiger partial charge in [0.2, 0.25) is 18.5 Å². The third-order valence-corrected chi connectivity index (χ3v) is 7.94. The van der Waals surface area contributed by atoms with Crippen LogP contribution in [-0.2, 0) is 47.6 Å². The number of amides is 1. The lowest BCUT2D eigenvalue weighted by molar-refractivity contribution is -0.238. The molecule has 0 radical (unpaired) electrons. The summed E-state index contributed by atoms with van der Waals surface area (Å²) in [5.74, 6) is 1.04. The Bertz CT molecular complexity index is 932. The monoisotopic (exact) mass is 640 g/mol. The first-order valence-electron chi connectivity index (χ1n) is 14.0. The second-order valence-corrected chi connectivity index (χ2v) is 11.4.